The van der Waals surface area contributed by atoms with E-state index in [2.05, 4.69) is 5.32 Å². The number of carbonyl (C=O) groups is 2. The third-order valence-electron chi connectivity index (χ3n) is 6.11. The highest BCUT2D eigenvalue weighted by Crippen LogP contribution is 2.29. The molecule has 0 spiro atoms. The molecule has 0 bridgehead atoms. The highest BCUT2D eigenvalue weighted by Gasteiger charge is 2.34. The van der Waals surface area contributed by atoms with Gasteiger partial charge in [0.25, 0.3) is 10.0 Å². The highest BCUT2D eigenvalue weighted by atomic mass is 35.5. The van der Waals surface area contributed by atoms with Crippen molar-refractivity contribution < 1.29 is 18.0 Å². The highest BCUT2D eigenvalue weighted by molar-refractivity contribution is 7.92. The predicted octanol–water partition coefficient (Wildman–Crippen LogP) is 6.09. The van der Waals surface area contributed by atoms with E-state index >= 15 is 0 Å². The standard InChI is InChI=1S/C28H30Cl3N3O4S/c1-4-26(28(36)32-5-2)33(17-23-24(30)10-7-11-25(23)31)27(35)18-34(21-9-6-8-20(29)16-21)39(37,38)22-14-12-19(3)13-15-22/h6-16,26H,4-5,17-18H2,1-3H3,(H,32,36). The Morgan fingerprint density at radius 2 is 1.54 bits per heavy atom. The number of rotatable bonds is 11. The number of anilines is 1. The Hall–Kier alpha value is -2.78. The smallest absolute Gasteiger partial charge is 0.264 e. The van der Waals surface area contributed by atoms with Crippen LogP contribution in [0.25, 0.3) is 0 Å². The molecule has 3 aromatic rings. The maximum Gasteiger partial charge on any atom is 0.264 e. The van der Waals surface area contributed by atoms with E-state index in [-0.39, 0.29) is 29.5 Å². The first-order chi connectivity index (χ1) is 18.5. The van der Waals surface area contributed by atoms with Gasteiger partial charge in [-0.2, -0.15) is 0 Å². The second-order valence-corrected chi connectivity index (χ2v) is 12.0. The van der Waals surface area contributed by atoms with Crippen molar-refractivity contribution in [3.8, 4) is 0 Å². The van der Waals surface area contributed by atoms with Gasteiger partial charge in [0.1, 0.15) is 12.6 Å². The Kier molecular flexibility index (Phi) is 10.7. The molecule has 0 heterocycles. The van der Waals surface area contributed by atoms with E-state index in [4.69, 9.17) is 34.8 Å². The minimum atomic E-state index is -4.19. The van der Waals surface area contributed by atoms with Crippen LogP contribution in [0.1, 0.15) is 31.4 Å². The number of halogens is 3. The number of benzene rings is 3. The molecule has 0 radical (unpaired) electrons. The number of hydrogen-bond donors (Lipinski definition) is 1. The number of carbonyl (C=O) groups excluding carboxylic acids is 2. The summed E-state index contributed by atoms with van der Waals surface area (Å²) in [6.07, 6.45) is 0.279. The van der Waals surface area contributed by atoms with E-state index in [0.29, 0.717) is 27.2 Å². The van der Waals surface area contributed by atoms with E-state index in [0.717, 1.165) is 9.87 Å². The zero-order valence-corrected chi connectivity index (χ0v) is 24.9. The first-order valence-corrected chi connectivity index (χ1v) is 14.9. The molecule has 7 nitrogen and oxygen atoms in total. The quantitative estimate of drug-likeness (QED) is 0.285. The Balaban J connectivity index is 2.10. The fraction of sp³-hybridized carbons (Fsp3) is 0.286. The molecule has 0 aliphatic carbocycles. The van der Waals surface area contributed by atoms with E-state index in [1.165, 1.54) is 23.1 Å². The molecule has 208 valence electrons. The van der Waals surface area contributed by atoms with Crippen molar-refractivity contribution in [2.45, 2.75) is 44.7 Å². The Bertz CT molecular complexity index is 1410. The van der Waals surface area contributed by atoms with Crippen LogP contribution < -0.4 is 9.62 Å². The Morgan fingerprint density at radius 3 is 2.10 bits per heavy atom. The third-order valence-corrected chi connectivity index (χ3v) is 8.84. The summed E-state index contributed by atoms with van der Waals surface area (Å²) < 4.78 is 28.7. The summed E-state index contributed by atoms with van der Waals surface area (Å²) in [5, 5.41) is 3.70. The summed E-state index contributed by atoms with van der Waals surface area (Å²) in [6.45, 7) is 5.07. The lowest BCUT2D eigenvalue weighted by Gasteiger charge is -2.33. The SMILES string of the molecule is CCNC(=O)C(CC)N(Cc1c(Cl)cccc1Cl)C(=O)CN(c1cccc(Cl)c1)S(=O)(=O)c1ccc(C)cc1. The first kappa shape index (κ1) is 30.8. The summed E-state index contributed by atoms with van der Waals surface area (Å²) in [7, 11) is -4.19. The van der Waals surface area contributed by atoms with E-state index < -0.39 is 28.5 Å². The van der Waals surface area contributed by atoms with Crippen LogP contribution in [0.4, 0.5) is 5.69 Å². The van der Waals surface area contributed by atoms with E-state index in [9.17, 15) is 18.0 Å². The van der Waals surface area contributed by atoms with E-state index in [1.807, 2.05) is 6.92 Å². The molecule has 0 fully saturated rings. The maximum atomic E-state index is 14.0. The van der Waals surface area contributed by atoms with Crippen molar-refractivity contribution in [2.75, 3.05) is 17.4 Å². The number of aryl methyl sites for hydroxylation is 1. The normalized spacial score (nSPS) is 12.1. The van der Waals surface area contributed by atoms with Crippen LogP contribution in [0.3, 0.4) is 0 Å². The summed E-state index contributed by atoms with van der Waals surface area (Å²) in [4.78, 5) is 28.3. The van der Waals surface area contributed by atoms with Crippen molar-refractivity contribution in [2.24, 2.45) is 0 Å². The molecule has 11 heteroatoms. The molecule has 3 rings (SSSR count). The van der Waals surface area contributed by atoms with Gasteiger partial charge in [-0.15, -0.1) is 0 Å². The molecule has 0 saturated carbocycles. The van der Waals surface area contributed by atoms with Crippen LogP contribution in [-0.2, 0) is 26.2 Å². The topological polar surface area (TPSA) is 86.8 Å². The van der Waals surface area contributed by atoms with Crippen molar-refractivity contribution >= 4 is 62.3 Å². The Morgan fingerprint density at radius 1 is 0.923 bits per heavy atom. The number of hydrogen-bond acceptors (Lipinski definition) is 4. The van der Waals surface area contributed by atoms with Crippen LogP contribution >= 0.6 is 34.8 Å². The fourth-order valence-corrected chi connectivity index (χ4v) is 6.17. The molecule has 3 aromatic carbocycles. The van der Waals surface area contributed by atoms with Gasteiger partial charge in [-0.3, -0.25) is 13.9 Å². The van der Waals surface area contributed by atoms with Gasteiger partial charge in [0, 0.05) is 33.7 Å². The molecular weight excluding hydrogens is 581 g/mol. The van der Waals surface area contributed by atoms with Crippen LogP contribution in [0.2, 0.25) is 15.1 Å². The minimum Gasteiger partial charge on any atom is -0.355 e. The molecule has 0 aliphatic heterocycles. The van der Waals surface area contributed by atoms with E-state index in [1.54, 1.807) is 62.4 Å². The average Bonchev–Trinajstić information content (AvgIpc) is 2.89. The molecule has 0 aliphatic rings. The van der Waals surface area contributed by atoms with Crippen molar-refractivity contribution in [3.05, 3.63) is 92.9 Å². The van der Waals surface area contributed by atoms with Gasteiger partial charge in [0.2, 0.25) is 11.8 Å². The lowest BCUT2D eigenvalue weighted by atomic mass is 10.1. The summed E-state index contributed by atoms with van der Waals surface area (Å²) in [6, 6.07) is 16.6. The predicted molar refractivity (Wildman–Crippen MR) is 157 cm³/mol. The average molecular weight is 611 g/mol. The van der Waals surface area contributed by atoms with Crippen LogP contribution in [-0.4, -0.2) is 44.3 Å². The zero-order valence-electron chi connectivity index (χ0n) is 21.8. The second kappa shape index (κ2) is 13.5. The number of sulfonamides is 1. The molecule has 0 aromatic heterocycles. The first-order valence-electron chi connectivity index (χ1n) is 12.3. The second-order valence-electron chi connectivity index (χ2n) is 8.85. The van der Waals surface area contributed by atoms with Crippen molar-refractivity contribution in [1.82, 2.24) is 10.2 Å². The Labute approximate surface area is 244 Å². The van der Waals surface area contributed by atoms with Gasteiger partial charge in [0.15, 0.2) is 0 Å². The molecule has 2 amide bonds. The van der Waals surface area contributed by atoms with Gasteiger partial charge in [0.05, 0.1) is 10.6 Å². The summed E-state index contributed by atoms with van der Waals surface area (Å²) in [5.41, 5.74) is 1.54. The largest absolute Gasteiger partial charge is 0.355 e. The van der Waals surface area contributed by atoms with Gasteiger partial charge >= 0.3 is 0 Å². The molecule has 1 unspecified atom stereocenters. The third kappa shape index (κ3) is 7.45. The number of amides is 2. The van der Waals surface area contributed by atoms with Crippen LogP contribution in [0, 0.1) is 6.92 Å². The number of likely N-dealkylation sites (N-methyl/N-ethyl adjacent to an activating group) is 1. The van der Waals surface area contributed by atoms with Crippen molar-refractivity contribution in [1.29, 1.82) is 0 Å². The fourth-order valence-electron chi connectivity index (χ4n) is 4.06. The van der Waals surface area contributed by atoms with Gasteiger partial charge in [-0.1, -0.05) is 71.6 Å². The molecule has 1 N–H and O–H groups in total. The van der Waals surface area contributed by atoms with Crippen molar-refractivity contribution in [3.63, 3.8) is 0 Å². The van der Waals surface area contributed by atoms with Crippen LogP contribution in [0.15, 0.2) is 71.6 Å². The number of nitrogens with one attached hydrogen (secondary N) is 1. The summed E-state index contributed by atoms with van der Waals surface area (Å²) in [5.74, 6) is -0.980. The molecule has 1 atom stereocenters. The maximum absolute atomic E-state index is 14.0. The molecule has 39 heavy (non-hydrogen) atoms. The van der Waals surface area contributed by atoms with Crippen LogP contribution in [0.5, 0.6) is 0 Å². The monoisotopic (exact) mass is 609 g/mol. The van der Waals surface area contributed by atoms with Gasteiger partial charge in [-0.25, -0.2) is 8.42 Å². The van der Waals surface area contributed by atoms with Gasteiger partial charge in [-0.05, 0) is 62.7 Å². The molecule has 0 saturated heterocycles. The number of nitrogens with zero attached hydrogens (tertiary/aromatic N) is 2. The summed E-state index contributed by atoms with van der Waals surface area (Å²) >= 11 is 19.0. The molecular formula is C28H30Cl3N3O4S. The van der Waals surface area contributed by atoms with Gasteiger partial charge < -0.3 is 10.2 Å². The zero-order chi connectivity index (χ0) is 28.7. The lowest BCUT2D eigenvalue weighted by molar-refractivity contribution is -0.140. The lowest BCUT2D eigenvalue weighted by Crippen LogP contribution is -2.52. The minimum absolute atomic E-state index is 0.0114.